The van der Waals surface area contributed by atoms with E-state index in [0.29, 0.717) is 16.3 Å². The van der Waals surface area contributed by atoms with Crippen LogP contribution < -0.4 is 10.1 Å². The van der Waals surface area contributed by atoms with Crippen LogP contribution >= 0.6 is 11.6 Å². The minimum absolute atomic E-state index is 0.206. The summed E-state index contributed by atoms with van der Waals surface area (Å²) in [6.07, 6.45) is -0.206. The van der Waals surface area contributed by atoms with Crippen molar-refractivity contribution in [1.29, 1.82) is 0 Å². The minimum atomic E-state index is -0.999. The molecule has 1 atom stereocenters. The van der Waals surface area contributed by atoms with Crippen LogP contribution in [0.2, 0.25) is 5.02 Å². The van der Waals surface area contributed by atoms with Crippen molar-refractivity contribution in [2.24, 2.45) is 0 Å². The number of carbonyl (C=O) groups is 2. The van der Waals surface area contributed by atoms with Crippen LogP contribution in [0, 0.1) is 0 Å². The number of carbonyl (C=O) groups excluding carboxylic acids is 1. The highest BCUT2D eigenvalue weighted by atomic mass is 35.5. The Hall–Kier alpha value is -1.75. The van der Waals surface area contributed by atoms with Gasteiger partial charge in [-0.3, -0.25) is 9.59 Å². The van der Waals surface area contributed by atoms with E-state index in [-0.39, 0.29) is 12.3 Å². The van der Waals surface area contributed by atoms with Gasteiger partial charge in [0.05, 0.1) is 24.6 Å². The fourth-order valence-corrected chi connectivity index (χ4v) is 1.84. The zero-order valence-electron chi connectivity index (χ0n) is 10.1. The summed E-state index contributed by atoms with van der Waals surface area (Å²) in [5, 5.41) is 11.8. The lowest BCUT2D eigenvalue weighted by atomic mass is 10.0. The van der Waals surface area contributed by atoms with Crippen molar-refractivity contribution in [2.75, 3.05) is 7.11 Å². The molecule has 98 valence electrons. The number of halogens is 1. The summed E-state index contributed by atoms with van der Waals surface area (Å²) < 4.78 is 5.01. The van der Waals surface area contributed by atoms with Crippen molar-refractivity contribution >= 4 is 23.5 Å². The predicted molar refractivity (Wildman–Crippen MR) is 66.8 cm³/mol. The quantitative estimate of drug-likeness (QED) is 0.859. The molecular formula is C12H14ClNO4. The summed E-state index contributed by atoms with van der Waals surface area (Å²) in [6.45, 7) is 1.33. The molecule has 0 saturated heterocycles. The Morgan fingerprint density at radius 2 is 2.17 bits per heavy atom. The number of carboxylic acids is 1. The maximum absolute atomic E-state index is 11.1. The van der Waals surface area contributed by atoms with Gasteiger partial charge in [0.15, 0.2) is 0 Å². The maximum atomic E-state index is 11.1. The average Bonchev–Trinajstić information content (AvgIpc) is 2.26. The number of benzene rings is 1. The molecule has 5 nitrogen and oxygen atoms in total. The van der Waals surface area contributed by atoms with E-state index in [1.165, 1.54) is 14.0 Å². The van der Waals surface area contributed by atoms with Crippen LogP contribution in [0.4, 0.5) is 0 Å². The molecule has 0 heterocycles. The number of rotatable bonds is 5. The third kappa shape index (κ3) is 3.92. The van der Waals surface area contributed by atoms with E-state index in [0.717, 1.165) is 0 Å². The number of ether oxygens (including phenoxy) is 1. The largest absolute Gasteiger partial charge is 0.495 e. The fraction of sp³-hybridized carbons (Fsp3) is 0.333. The zero-order valence-corrected chi connectivity index (χ0v) is 10.8. The summed E-state index contributed by atoms with van der Waals surface area (Å²) in [6, 6.07) is 4.29. The van der Waals surface area contributed by atoms with Gasteiger partial charge < -0.3 is 15.2 Å². The smallest absolute Gasteiger partial charge is 0.305 e. The molecule has 2 N–H and O–H groups in total. The summed E-state index contributed by atoms with van der Waals surface area (Å²) in [5.41, 5.74) is 0.624. The monoisotopic (exact) mass is 271 g/mol. The second-order valence-corrected chi connectivity index (χ2v) is 4.15. The number of methoxy groups -OCH3 is 1. The molecule has 0 bridgehead atoms. The number of hydrogen-bond acceptors (Lipinski definition) is 3. The lowest BCUT2D eigenvalue weighted by molar-refractivity contribution is -0.137. The van der Waals surface area contributed by atoms with Gasteiger partial charge in [-0.15, -0.1) is 0 Å². The molecule has 0 aromatic heterocycles. The van der Waals surface area contributed by atoms with E-state index in [2.05, 4.69) is 5.32 Å². The summed E-state index contributed by atoms with van der Waals surface area (Å²) in [7, 11) is 1.49. The molecule has 1 aromatic rings. The van der Waals surface area contributed by atoms with E-state index in [1.807, 2.05) is 0 Å². The molecule has 0 spiro atoms. The summed E-state index contributed by atoms with van der Waals surface area (Å²) >= 11 is 5.96. The molecule has 0 radical (unpaired) electrons. The third-order valence-electron chi connectivity index (χ3n) is 2.33. The Labute approximate surface area is 110 Å². The first kappa shape index (κ1) is 14.3. The Morgan fingerprint density at radius 3 is 2.61 bits per heavy atom. The van der Waals surface area contributed by atoms with Crippen LogP contribution in [-0.2, 0) is 9.59 Å². The number of nitrogens with one attached hydrogen (secondary N) is 1. The first-order chi connectivity index (χ1) is 8.43. The van der Waals surface area contributed by atoms with Gasteiger partial charge in [-0.2, -0.15) is 0 Å². The van der Waals surface area contributed by atoms with Crippen molar-refractivity contribution in [3.05, 3.63) is 28.8 Å². The maximum Gasteiger partial charge on any atom is 0.305 e. The lowest BCUT2D eigenvalue weighted by Gasteiger charge is -2.17. The second-order valence-electron chi connectivity index (χ2n) is 3.74. The number of amides is 1. The molecule has 0 unspecified atom stereocenters. The Bertz CT molecular complexity index is 445. The molecule has 0 aliphatic carbocycles. The SMILES string of the molecule is COc1ccc([C@H](CC(=O)O)NC(C)=O)cc1Cl. The van der Waals surface area contributed by atoms with Gasteiger partial charge in [0.25, 0.3) is 0 Å². The highest BCUT2D eigenvalue weighted by Gasteiger charge is 2.17. The third-order valence-corrected chi connectivity index (χ3v) is 2.63. The summed E-state index contributed by atoms with van der Waals surface area (Å²) in [5.74, 6) is -0.800. The molecule has 0 fully saturated rings. The molecule has 1 rings (SSSR count). The summed E-state index contributed by atoms with van der Waals surface area (Å²) in [4.78, 5) is 21.8. The van der Waals surface area contributed by atoms with Gasteiger partial charge in [0.1, 0.15) is 5.75 Å². The molecule has 0 aliphatic heterocycles. The average molecular weight is 272 g/mol. The lowest BCUT2D eigenvalue weighted by Crippen LogP contribution is -2.28. The van der Waals surface area contributed by atoms with Crippen LogP contribution in [0.25, 0.3) is 0 Å². The van der Waals surface area contributed by atoms with Crippen LogP contribution in [0.5, 0.6) is 5.75 Å². The second kappa shape index (κ2) is 6.26. The van der Waals surface area contributed by atoms with Crippen LogP contribution in [0.1, 0.15) is 24.9 Å². The van der Waals surface area contributed by atoms with Gasteiger partial charge in [-0.05, 0) is 17.7 Å². The Morgan fingerprint density at radius 1 is 1.50 bits per heavy atom. The molecule has 1 aromatic carbocycles. The zero-order chi connectivity index (χ0) is 13.7. The van der Waals surface area contributed by atoms with Gasteiger partial charge in [0.2, 0.25) is 5.91 Å². The van der Waals surface area contributed by atoms with E-state index in [1.54, 1.807) is 18.2 Å². The number of hydrogen-bond donors (Lipinski definition) is 2. The predicted octanol–water partition coefficient (Wildman–Crippen LogP) is 2.00. The molecule has 0 aliphatic rings. The van der Waals surface area contributed by atoms with Crippen LogP contribution in [-0.4, -0.2) is 24.1 Å². The Balaban J connectivity index is 3.00. The van der Waals surface area contributed by atoms with Crippen LogP contribution in [0.3, 0.4) is 0 Å². The van der Waals surface area contributed by atoms with Gasteiger partial charge >= 0.3 is 5.97 Å². The fourth-order valence-electron chi connectivity index (χ4n) is 1.57. The molecule has 6 heteroatoms. The van der Waals surface area contributed by atoms with Crippen molar-refractivity contribution in [2.45, 2.75) is 19.4 Å². The molecular weight excluding hydrogens is 258 g/mol. The van der Waals surface area contributed by atoms with Crippen molar-refractivity contribution < 1.29 is 19.4 Å². The van der Waals surface area contributed by atoms with Gasteiger partial charge in [-0.1, -0.05) is 17.7 Å². The first-order valence-electron chi connectivity index (χ1n) is 5.26. The molecule has 1 amide bonds. The minimum Gasteiger partial charge on any atom is -0.495 e. The number of aliphatic carboxylic acids is 1. The van der Waals surface area contributed by atoms with Gasteiger partial charge in [-0.25, -0.2) is 0 Å². The van der Waals surface area contributed by atoms with Crippen molar-refractivity contribution in [3.63, 3.8) is 0 Å². The highest BCUT2D eigenvalue weighted by molar-refractivity contribution is 6.32. The first-order valence-corrected chi connectivity index (χ1v) is 5.64. The Kier molecular flexibility index (Phi) is 4.97. The normalized spacial score (nSPS) is 11.7. The molecule has 18 heavy (non-hydrogen) atoms. The van der Waals surface area contributed by atoms with Crippen molar-refractivity contribution in [3.8, 4) is 5.75 Å². The van der Waals surface area contributed by atoms with E-state index in [9.17, 15) is 9.59 Å². The van der Waals surface area contributed by atoms with Crippen LogP contribution in [0.15, 0.2) is 18.2 Å². The molecule has 0 saturated carbocycles. The number of carboxylic acid groups (broad SMARTS) is 1. The van der Waals surface area contributed by atoms with E-state index < -0.39 is 12.0 Å². The topological polar surface area (TPSA) is 75.6 Å². The highest BCUT2D eigenvalue weighted by Crippen LogP contribution is 2.28. The van der Waals surface area contributed by atoms with Gasteiger partial charge in [0, 0.05) is 6.92 Å². The van der Waals surface area contributed by atoms with E-state index >= 15 is 0 Å². The standard InChI is InChI=1S/C12H14ClNO4/c1-7(15)14-10(6-12(16)17)8-3-4-11(18-2)9(13)5-8/h3-5,10H,6H2,1-2H3,(H,14,15)(H,16,17)/t10-/m0/s1. The van der Waals surface area contributed by atoms with Crippen molar-refractivity contribution in [1.82, 2.24) is 5.32 Å². The van der Waals surface area contributed by atoms with E-state index in [4.69, 9.17) is 21.4 Å².